The number of ketones is 1. The number of nitrogens with one attached hydrogen (secondary N) is 4. The molecule has 0 aromatic heterocycles. The predicted octanol–water partition coefficient (Wildman–Crippen LogP) is 1.60. The van der Waals surface area contributed by atoms with Crippen molar-refractivity contribution in [3.05, 3.63) is 35.9 Å². The molecule has 1 aromatic rings. The zero-order valence-electron chi connectivity index (χ0n) is 31.3. The minimum Gasteiger partial charge on any atom is -0.460 e. The lowest BCUT2D eigenvalue weighted by molar-refractivity contribution is -0.155. The van der Waals surface area contributed by atoms with Crippen LogP contribution in [0.3, 0.4) is 0 Å². The molecule has 17 heteroatoms. The van der Waals surface area contributed by atoms with E-state index in [0.717, 1.165) is 4.90 Å². The molecule has 6 N–H and O–H groups in total. The first-order valence-electron chi connectivity index (χ1n) is 16.9. The molecule has 0 unspecified atom stereocenters. The zero-order chi connectivity index (χ0) is 39.6. The van der Waals surface area contributed by atoms with Crippen molar-refractivity contribution < 1.29 is 52.6 Å². The molecule has 0 saturated carbocycles. The summed E-state index contributed by atoms with van der Waals surface area (Å²) in [5.74, 6) is -5.62. The van der Waals surface area contributed by atoms with Crippen LogP contribution >= 0.6 is 0 Å². The molecule has 52 heavy (non-hydrogen) atoms. The van der Waals surface area contributed by atoms with Gasteiger partial charge in [-0.1, -0.05) is 30.3 Å². The van der Waals surface area contributed by atoms with Crippen LogP contribution in [0.1, 0.15) is 85.6 Å². The van der Waals surface area contributed by atoms with E-state index in [1.54, 1.807) is 71.9 Å². The Labute approximate surface area is 304 Å². The summed E-state index contributed by atoms with van der Waals surface area (Å²) >= 11 is 0. The van der Waals surface area contributed by atoms with Gasteiger partial charge < -0.3 is 46.1 Å². The number of hydrogen-bond acceptors (Lipinski definition) is 11. The van der Waals surface area contributed by atoms with Crippen molar-refractivity contribution in [2.24, 2.45) is 5.73 Å². The van der Waals surface area contributed by atoms with Crippen LogP contribution in [0.4, 0.5) is 9.59 Å². The summed E-state index contributed by atoms with van der Waals surface area (Å²) in [6.07, 6.45) is -2.40. The SMILES string of the molecule is CN(C)C(=O)[C@H](CC(N)=O)NC(=O)C(=O)[C@H](CCCCNC(=O)OC(C)(C)C)NC(=O)[C@H](CCC(=O)OC(C)(C)C)NC(=O)OCc1ccccc1. The lowest BCUT2D eigenvalue weighted by Gasteiger charge is -2.25. The molecule has 1 aromatic carbocycles. The molecule has 1 rings (SSSR count). The van der Waals surface area contributed by atoms with Crippen LogP contribution in [-0.4, -0.2) is 102 Å². The molecule has 0 fully saturated rings. The van der Waals surface area contributed by atoms with Gasteiger partial charge in [0.2, 0.25) is 23.5 Å². The van der Waals surface area contributed by atoms with Crippen LogP contribution in [0.5, 0.6) is 0 Å². The maximum atomic E-state index is 13.7. The van der Waals surface area contributed by atoms with Crippen molar-refractivity contribution in [1.82, 2.24) is 26.2 Å². The third-order valence-corrected chi connectivity index (χ3v) is 6.77. The number of Topliss-reactive ketones (excluding diaryl/α,β-unsaturated/α-hetero) is 1. The van der Waals surface area contributed by atoms with Crippen LogP contribution in [0.25, 0.3) is 0 Å². The maximum Gasteiger partial charge on any atom is 0.408 e. The predicted molar refractivity (Wildman–Crippen MR) is 188 cm³/mol. The standard InChI is InChI=1S/C35H54N6O11/c1-34(2,3)51-27(43)18-17-24(40-33(49)50-21-22-14-10-9-11-15-22)29(45)38-23(16-12-13-19-37-32(48)52-35(4,5)6)28(44)30(46)39-25(20-26(36)42)31(47)41(7)8/h9-11,14-15,23-25H,12-13,16-21H2,1-8H3,(H2,36,42)(H,37,48)(H,38,45)(H,39,46)(H,40,49)/t23-,24-,25-/m0/s1. The molecule has 0 aliphatic rings. The number of carbonyl (C=O) groups excluding carboxylic acids is 8. The third kappa shape index (κ3) is 19.2. The summed E-state index contributed by atoms with van der Waals surface area (Å²) in [5.41, 5.74) is 4.38. The first kappa shape index (κ1) is 44.8. The Balaban J connectivity index is 3.22. The smallest absolute Gasteiger partial charge is 0.408 e. The van der Waals surface area contributed by atoms with Crippen molar-refractivity contribution in [3.63, 3.8) is 0 Å². The van der Waals surface area contributed by atoms with Gasteiger partial charge in [0.1, 0.15) is 29.9 Å². The number of benzene rings is 1. The van der Waals surface area contributed by atoms with Gasteiger partial charge in [-0.05, 0) is 72.8 Å². The van der Waals surface area contributed by atoms with E-state index in [2.05, 4.69) is 21.3 Å². The molecule has 6 amide bonds. The number of esters is 1. The van der Waals surface area contributed by atoms with Crippen molar-refractivity contribution >= 4 is 47.6 Å². The Hall–Kier alpha value is -5.22. The van der Waals surface area contributed by atoms with Gasteiger partial charge in [-0.3, -0.25) is 28.8 Å². The van der Waals surface area contributed by atoms with Crippen LogP contribution < -0.4 is 27.0 Å². The van der Waals surface area contributed by atoms with Crippen LogP contribution in [-0.2, 0) is 49.6 Å². The van der Waals surface area contributed by atoms with Crippen LogP contribution in [0, 0.1) is 0 Å². The fraction of sp³-hybridized carbons (Fsp3) is 0.600. The van der Waals surface area contributed by atoms with Gasteiger partial charge in [-0.2, -0.15) is 0 Å². The van der Waals surface area contributed by atoms with Crippen LogP contribution in [0.15, 0.2) is 30.3 Å². The minimum atomic E-state index is -1.50. The molecule has 0 aliphatic heterocycles. The molecule has 0 radical (unpaired) electrons. The van der Waals surface area contributed by atoms with E-state index in [0.29, 0.717) is 12.0 Å². The summed E-state index contributed by atoms with van der Waals surface area (Å²) in [4.78, 5) is 103. The molecule has 0 heterocycles. The van der Waals surface area contributed by atoms with Crippen molar-refractivity contribution in [2.75, 3.05) is 20.6 Å². The second-order valence-electron chi connectivity index (χ2n) is 14.2. The summed E-state index contributed by atoms with van der Waals surface area (Å²) in [6, 6.07) is 4.37. The van der Waals surface area contributed by atoms with E-state index < -0.39 is 83.3 Å². The number of alkyl carbamates (subject to hydrolysis) is 2. The molecule has 0 spiro atoms. The highest BCUT2D eigenvalue weighted by atomic mass is 16.6. The Morgan fingerprint density at radius 3 is 1.92 bits per heavy atom. The number of nitrogens with two attached hydrogens (primary N) is 1. The van der Waals surface area contributed by atoms with Gasteiger partial charge in [-0.25, -0.2) is 9.59 Å². The molecule has 17 nitrogen and oxygen atoms in total. The van der Waals surface area contributed by atoms with E-state index in [4.69, 9.17) is 19.9 Å². The Morgan fingerprint density at radius 2 is 1.37 bits per heavy atom. The van der Waals surface area contributed by atoms with E-state index in [9.17, 15) is 38.4 Å². The Morgan fingerprint density at radius 1 is 0.750 bits per heavy atom. The van der Waals surface area contributed by atoms with Gasteiger partial charge in [0.05, 0.1) is 12.5 Å². The average molecular weight is 735 g/mol. The number of hydrogen-bond donors (Lipinski definition) is 5. The van der Waals surface area contributed by atoms with E-state index >= 15 is 0 Å². The monoisotopic (exact) mass is 734 g/mol. The minimum absolute atomic E-state index is 0.118. The highest BCUT2D eigenvalue weighted by Gasteiger charge is 2.34. The third-order valence-electron chi connectivity index (χ3n) is 6.77. The second kappa shape index (κ2) is 21.2. The topological polar surface area (TPSA) is 242 Å². The van der Waals surface area contributed by atoms with E-state index in [1.807, 2.05) is 0 Å². The summed E-state index contributed by atoms with van der Waals surface area (Å²) in [6.45, 7) is 10.1. The summed E-state index contributed by atoms with van der Waals surface area (Å²) in [5, 5.41) is 9.68. The van der Waals surface area contributed by atoms with Gasteiger partial charge >= 0.3 is 18.2 Å². The largest absolute Gasteiger partial charge is 0.460 e. The fourth-order valence-corrected chi connectivity index (χ4v) is 4.45. The molecule has 3 atom stereocenters. The lowest BCUT2D eigenvalue weighted by Crippen LogP contribution is -2.56. The Bertz CT molecular complexity index is 1400. The summed E-state index contributed by atoms with van der Waals surface area (Å²) < 4.78 is 15.8. The van der Waals surface area contributed by atoms with Crippen molar-refractivity contribution in [1.29, 1.82) is 0 Å². The van der Waals surface area contributed by atoms with Gasteiger partial charge in [0, 0.05) is 27.1 Å². The average Bonchev–Trinajstić information content (AvgIpc) is 3.02. The lowest BCUT2D eigenvalue weighted by atomic mass is 10.0. The fourth-order valence-electron chi connectivity index (χ4n) is 4.45. The van der Waals surface area contributed by atoms with Crippen molar-refractivity contribution in [3.8, 4) is 0 Å². The van der Waals surface area contributed by atoms with E-state index in [1.165, 1.54) is 14.1 Å². The highest BCUT2D eigenvalue weighted by Crippen LogP contribution is 2.12. The highest BCUT2D eigenvalue weighted by molar-refractivity contribution is 6.38. The number of nitrogens with zero attached hydrogens (tertiary/aromatic N) is 1. The number of rotatable bonds is 19. The van der Waals surface area contributed by atoms with Gasteiger partial charge in [0.15, 0.2) is 0 Å². The van der Waals surface area contributed by atoms with E-state index in [-0.39, 0.29) is 38.8 Å². The zero-order valence-corrected chi connectivity index (χ0v) is 31.3. The molecule has 0 saturated heterocycles. The number of unbranched alkanes of at least 4 members (excludes halogenated alkanes) is 1. The number of carbonyl (C=O) groups is 8. The number of ether oxygens (including phenoxy) is 3. The van der Waals surface area contributed by atoms with Crippen LogP contribution in [0.2, 0.25) is 0 Å². The van der Waals surface area contributed by atoms with Crippen molar-refractivity contribution in [2.45, 2.75) is 116 Å². The summed E-state index contributed by atoms with van der Waals surface area (Å²) in [7, 11) is 2.77. The number of amides is 6. The first-order valence-corrected chi connectivity index (χ1v) is 16.9. The molecule has 0 aliphatic carbocycles. The Kier molecular flexibility index (Phi) is 18.3. The van der Waals surface area contributed by atoms with Gasteiger partial charge in [0.25, 0.3) is 5.91 Å². The maximum absolute atomic E-state index is 13.7. The molecular weight excluding hydrogens is 680 g/mol. The number of primary amides is 1. The molecule has 0 bridgehead atoms. The number of likely N-dealkylation sites (N-methyl/N-ethyl adjacent to an activating group) is 1. The second-order valence-corrected chi connectivity index (χ2v) is 14.2. The molecular formula is C35H54N6O11. The first-order chi connectivity index (χ1) is 24.1. The molecule has 290 valence electrons. The van der Waals surface area contributed by atoms with Gasteiger partial charge in [-0.15, -0.1) is 0 Å². The quantitative estimate of drug-likeness (QED) is 0.0592. The normalized spacial score (nSPS) is 12.9.